The highest BCUT2D eigenvalue weighted by molar-refractivity contribution is 5.94. The minimum Gasteiger partial charge on any atom is -0.388 e. The quantitative estimate of drug-likeness (QED) is 0.883. The van der Waals surface area contributed by atoms with Crippen molar-refractivity contribution < 1.29 is 9.90 Å². The zero-order valence-electron chi connectivity index (χ0n) is 16.7. The Morgan fingerprint density at radius 2 is 1.75 bits per heavy atom. The minimum absolute atomic E-state index is 0.0612. The Labute approximate surface area is 166 Å². The van der Waals surface area contributed by atoms with Gasteiger partial charge in [-0.05, 0) is 63.3 Å². The summed E-state index contributed by atoms with van der Waals surface area (Å²) < 4.78 is 1.98. The highest BCUT2D eigenvalue weighted by Crippen LogP contribution is 2.26. The number of benzene rings is 1. The molecule has 0 spiro atoms. The SMILES string of the molecule is Cc1nccn1CC1(O)CCN(C(=O)c2ccc(N3CCCCC3)cc2)CC1. The molecule has 1 aromatic heterocycles. The van der Waals surface area contributed by atoms with Gasteiger partial charge in [0.25, 0.3) is 5.91 Å². The Bertz CT molecular complexity index is 800. The summed E-state index contributed by atoms with van der Waals surface area (Å²) in [7, 11) is 0. The fraction of sp³-hybridized carbons (Fsp3) is 0.545. The molecular formula is C22H30N4O2. The van der Waals surface area contributed by atoms with Crippen LogP contribution in [0.15, 0.2) is 36.7 Å². The zero-order chi connectivity index (χ0) is 19.6. The summed E-state index contributed by atoms with van der Waals surface area (Å²) in [4.78, 5) is 21.4. The van der Waals surface area contributed by atoms with E-state index in [0.717, 1.165) is 24.5 Å². The van der Waals surface area contributed by atoms with E-state index >= 15 is 0 Å². The summed E-state index contributed by atoms with van der Waals surface area (Å²) in [5, 5.41) is 10.9. The van der Waals surface area contributed by atoms with E-state index in [1.54, 1.807) is 6.20 Å². The standard InChI is InChI=1S/C22H30N4O2/c1-18-23-11-16-26(18)17-22(28)9-14-25(15-10-22)21(27)19-5-7-20(8-6-19)24-12-3-2-4-13-24/h5-8,11,16,28H,2-4,9-10,12-15,17H2,1H3. The molecule has 0 unspecified atom stereocenters. The molecule has 1 N–H and O–H groups in total. The number of rotatable bonds is 4. The van der Waals surface area contributed by atoms with Gasteiger partial charge < -0.3 is 19.5 Å². The average molecular weight is 383 g/mol. The molecule has 6 nitrogen and oxygen atoms in total. The Balaban J connectivity index is 1.35. The van der Waals surface area contributed by atoms with Gasteiger partial charge in [0.2, 0.25) is 0 Å². The maximum Gasteiger partial charge on any atom is 0.253 e. The first kappa shape index (κ1) is 19.0. The summed E-state index contributed by atoms with van der Waals surface area (Å²) in [6.07, 6.45) is 8.63. The van der Waals surface area contributed by atoms with Crippen LogP contribution >= 0.6 is 0 Å². The number of amides is 1. The summed E-state index contributed by atoms with van der Waals surface area (Å²) in [6, 6.07) is 8.03. The number of carbonyl (C=O) groups is 1. The van der Waals surface area contributed by atoms with E-state index in [9.17, 15) is 9.90 Å². The lowest BCUT2D eigenvalue weighted by molar-refractivity contribution is -0.0295. The normalized spacial score (nSPS) is 19.6. The van der Waals surface area contributed by atoms with Crippen LogP contribution in [0.5, 0.6) is 0 Å². The van der Waals surface area contributed by atoms with Crippen LogP contribution in [0.25, 0.3) is 0 Å². The summed E-state index contributed by atoms with van der Waals surface area (Å²) in [6.45, 7) is 5.84. The number of aromatic nitrogens is 2. The average Bonchev–Trinajstić information content (AvgIpc) is 3.13. The Morgan fingerprint density at radius 3 is 2.36 bits per heavy atom. The van der Waals surface area contributed by atoms with Crippen molar-refractivity contribution in [3.8, 4) is 0 Å². The number of aryl methyl sites for hydroxylation is 1. The van der Waals surface area contributed by atoms with Crippen LogP contribution in [0.2, 0.25) is 0 Å². The molecule has 2 aromatic rings. The fourth-order valence-electron chi connectivity index (χ4n) is 4.32. The Hall–Kier alpha value is -2.34. The second-order valence-corrected chi connectivity index (χ2v) is 8.21. The molecule has 28 heavy (non-hydrogen) atoms. The Morgan fingerprint density at radius 1 is 1.07 bits per heavy atom. The predicted octanol–water partition coefficient (Wildman–Crippen LogP) is 2.85. The van der Waals surface area contributed by atoms with Gasteiger partial charge in [-0.1, -0.05) is 0 Å². The van der Waals surface area contributed by atoms with Gasteiger partial charge in [-0.25, -0.2) is 4.98 Å². The number of carbonyl (C=O) groups excluding carboxylic acids is 1. The molecule has 2 fully saturated rings. The van der Waals surface area contributed by atoms with Gasteiger partial charge in [-0.15, -0.1) is 0 Å². The van der Waals surface area contributed by atoms with E-state index in [1.807, 2.05) is 34.7 Å². The lowest BCUT2D eigenvalue weighted by Crippen LogP contribution is -2.48. The van der Waals surface area contributed by atoms with Crippen molar-refractivity contribution in [3.05, 3.63) is 48.0 Å². The fourth-order valence-corrected chi connectivity index (χ4v) is 4.32. The molecule has 4 rings (SSSR count). The molecule has 0 aliphatic carbocycles. The first-order valence-electron chi connectivity index (χ1n) is 10.4. The zero-order valence-corrected chi connectivity index (χ0v) is 16.7. The number of piperidine rings is 2. The van der Waals surface area contributed by atoms with E-state index in [4.69, 9.17) is 0 Å². The van der Waals surface area contributed by atoms with Gasteiger partial charge in [0, 0.05) is 49.8 Å². The van der Waals surface area contributed by atoms with Crippen LogP contribution in [0.3, 0.4) is 0 Å². The maximum atomic E-state index is 12.9. The number of imidazole rings is 1. The van der Waals surface area contributed by atoms with Gasteiger partial charge in [0.1, 0.15) is 5.82 Å². The van der Waals surface area contributed by atoms with E-state index in [0.29, 0.717) is 32.5 Å². The van der Waals surface area contributed by atoms with Crippen molar-refractivity contribution in [1.82, 2.24) is 14.5 Å². The molecular weight excluding hydrogens is 352 g/mol. The highest BCUT2D eigenvalue weighted by atomic mass is 16.3. The topological polar surface area (TPSA) is 61.6 Å². The summed E-state index contributed by atoms with van der Waals surface area (Å²) in [5.74, 6) is 0.965. The lowest BCUT2D eigenvalue weighted by Gasteiger charge is -2.38. The largest absolute Gasteiger partial charge is 0.388 e. The third kappa shape index (κ3) is 4.07. The van der Waals surface area contributed by atoms with Crippen LogP contribution in [0.4, 0.5) is 5.69 Å². The molecule has 150 valence electrons. The monoisotopic (exact) mass is 382 g/mol. The van der Waals surface area contributed by atoms with Crippen molar-refractivity contribution in [2.24, 2.45) is 0 Å². The molecule has 6 heteroatoms. The molecule has 3 heterocycles. The van der Waals surface area contributed by atoms with Gasteiger partial charge in [0.15, 0.2) is 0 Å². The van der Waals surface area contributed by atoms with Gasteiger partial charge in [-0.3, -0.25) is 4.79 Å². The van der Waals surface area contributed by atoms with Crippen molar-refractivity contribution in [2.75, 3.05) is 31.1 Å². The molecule has 0 saturated carbocycles. The lowest BCUT2D eigenvalue weighted by atomic mass is 9.91. The molecule has 0 atom stereocenters. The van der Waals surface area contributed by atoms with E-state index in [1.165, 1.54) is 24.9 Å². The van der Waals surface area contributed by atoms with Crippen LogP contribution < -0.4 is 4.90 Å². The van der Waals surface area contributed by atoms with E-state index < -0.39 is 5.60 Å². The first-order chi connectivity index (χ1) is 13.5. The van der Waals surface area contributed by atoms with Crippen molar-refractivity contribution in [2.45, 2.75) is 51.2 Å². The second-order valence-electron chi connectivity index (χ2n) is 8.21. The molecule has 1 amide bonds. The molecule has 0 bridgehead atoms. The minimum atomic E-state index is -0.777. The number of anilines is 1. The third-order valence-corrected chi connectivity index (χ3v) is 6.21. The maximum absolute atomic E-state index is 12.9. The molecule has 2 aliphatic rings. The summed E-state index contributed by atoms with van der Waals surface area (Å²) >= 11 is 0. The van der Waals surface area contributed by atoms with E-state index in [-0.39, 0.29) is 5.91 Å². The second kappa shape index (κ2) is 7.95. The number of aliphatic hydroxyl groups is 1. The van der Waals surface area contributed by atoms with Gasteiger partial charge in [-0.2, -0.15) is 0 Å². The number of hydrogen-bond acceptors (Lipinski definition) is 4. The highest BCUT2D eigenvalue weighted by Gasteiger charge is 2.34. The van der Waals surface area contributed by atoms with Gasteiger partial charge in [0.05, 0.1) is 12.1 Å². The first-order valence-corrected chi connectivity index (χ1v) is 10.4. The van der Waals surface area contributed by atoms with Gasteiger partial charge >= 0.3 is 0 Å². The number of nitrogens with zero attached hydrogens (tertiary/aromatic N) is 4. The number of hydrogen-bond donors (Lipinski definition) is 1. The molecule has 2 saturated heterocycles. The summed E-state index contributed by atoms with van der Waals surface area (Å²) in [5.41, 5.74) is 1.16. The molecule has 2 aliphatic heterocycles. The van der Waals surface area contributed by atoms with Crippen LogP contribution in [-0.2, 0) is 6.54 Å². The van der Waals surface area contributed by atoms with Crippen LogP contribution in [0, 0.1) is 6.92 Å². The number of likely N-dealkylation sites (tertiary alicyclic amines) is 1. The Kier molecular flexibility index (Phi) is 5.40. The predicted molar refractivity (Wildman–Crippen MR) is 110 cm³/mol. The molecule has 0 radical (unpaired) electrons. The smallest absolute Gasteiger partial charge is 0.253 e. The molecule has 1 aromatic carbocycles. The van der Waals surface area contributed by atoms with Crippen LogP contribution in [-0.4, -0.2) is 57.2 Å². The van der Waals surface area contributed by atoms with Crippen molar-refractivity contribution >= 4 is 11.6 Å². The third-order valence-electron chi connectivity index (χ3n) is 6.21. The van der Waals surface area contributed by atoms with Crippen LogP contribution in [0.1, 0.15) is 48.3 Å². The van der Waals surface area contributed by atoms with Crippen molar-refractivity contribution in [3.63, 3.8) is 0 Å². The van der Waals surface area contributed by atoms with E-state index in [2.05, 4.69) is 22.0 Å². The van der Waals surface area contributed by atoms with Crippen molar-refractivity contribution in [1.29, 1.82) is 0 Å².